The SMILES string of the molecule is CCOC(=O)CCCCCSc1cc2ccccc2[nH]1. The van der Waals surface area contributed by atoms with Crippen LogP contribution in [-0.2, 0) is 9.53 Å². The molecule has 1 aromatic carbocycles. The van der Waals surface area contributed by atoms with Gasteiger partial charge < -0.3 is 9.72 Å². The molecule has 2 aromatic rings. The van der Waals surface area contributed by atoms with Gasteiger partial charge >= 0.3 is 5.97 Å². The van der Waals surface area contributed by atoms with Gasteiger partial charge in [-0.1, -0.05) is 24.6 Å². The maximum Gasteiger partial charge on any atom is 0.305 e. The lowest BCUT2D eigenvalue weighted by Gasteiger charge is -2.01. The van der Waals surface area contributed by atoms with Gasteiger partial charge in [0.05, 0.1) is 11.6 Å². The molecule has 0 aliphatic carbocycles. The molecular formula is C16H21NO2S. The number of esters is 1. The van der Waals surface area contributed by atoms with Crippen molar-refractivity contribution in [2.45, 2.75) is 37.6 Å². The molecule has 2 rings (SSSR count). The molecule has 3 nitrogen and oxygen atoms in total. The number of aromatic nitrogens is 1. The highest BCUT2D eigenvalue weighted by Gasteiger charge is 2.02. The van der Waals surface area contributed by atoms with Crippen LogP contribution in [0.25, 0.3) is 10.9 Å². The molecule has 0 bridgehead atoms. The van der Waals surface area contributed by atoms with Gasteiger partial charge in [0, 0.05) is 17.3 Å². The molecule has 20 heavy (non-hydrogen) atoms. The van der Waals surface area contributed by atoms with Crippen LogP contribution in [0.3, 0.4) is 0 Å². The first-order valence-corrected chi connectivity index (χ1v) is 8.14. The van der Waals surface area contributed by atoms with Crippen LogP contribution in [0, 0.1) is 0 Å². The van der Waals surface area contributed by atoms with Crippen molar-refractivity contribution in [1.82, 2.24) is 4.98 Å². The number of aromatic amines is 1. The van der Waals surface area contributed by atoms with E-state index in [1.165, 1.54) is 15.9 Å². The molecule has 0 spiro atoms. The van der Waals surface area contributed by atoms with E-state index in [0.29, 0.717) is 13.0 Å². The Balaban J connectivity index is 1.62. The summed E-state index contributed by atoms with van der Waals surface area (Å²) in [5.41, 5.74) is 1.19. The molecule has 108 valence electrons. The summed E-state index contributed by atoms with van der Waals surface area (Å²) in [4.78, 5) is 14.6. The van der Waals surface area contributed by atoms with Crippen molar-refractivity contribution < 1.29 is 9.53 Å². The second kappa shape index (κ2) is 8.00. The minimum Gasteiger partial charge on any atom is -0.466 e. The summed E-state index contributed by atoms with van der Waals surface area (Å²) in [7, 11) is 0. The Hall–Kier alpha value is -1.42. The van der Waals surface area contributed by atoms with Crippen LogP contribution in [0.2, 0.25) is 0 Å². The molecule has 1 aromatic heterocycles. The molecule has 1 N–H and O–H groups in total. The zero-order chi connectivity index (χ0) is 14.2. The zero-order valence-electron chi connectivity index (χ0n) is 11.9. The van der Waals surface area contributed by atoms with E-state index in [2.05, 4.69) is 29.2 Å². The van der Waals surface area contributed by atoms with E-state index in [0.717, 1.165) is 25.0 Å². The van der Waals surface area contributed by atoms with Crippen molar-refractivity contribution in [3.8, 4) is 0 Å². The average molecular weight is 291 g/mol. The van der Waals surface area contributed by atoms with E-state index in [9.17, 15) is 4.79 Å². The van der Waals surface area contributed by atoms with Gasteiger partial charge in [-0.25, -0.2) is 0 Å². The number of para-hydroxylation sites is 1. The lowest BCUT2D eigenvalue weighted by atomic mass is 10.2. The van der Waals surface area contributed by atoms with Gasteiger partial charge in [0.2, 0.25) is 0 Å². The summed E-state index contributed by atoms with van der Waals surface area (Å²) < 4.78 is 4.90. The van der Waals surface area contributed by atoms with E-state index in [-0.39, 0.29) is 5.97 Å². The standard InChI is InChI=1S/C16H21NO2S/c1-2-19-16(18)10-4-3-7-11-20-15-12-13-8-5-6-9-14(13)17-15/h5-6,8-9,12,17H,2-4,7,10-11H2,1H3. The molecule has 0 amide bonds. The molecule has 0 radical (unpaired) electrons. The topological polar surface area (TPSA) is 42.1 Å². The van der Waals surface area contributed by atoms with Crippen LogP contribution in [0.1, 0.15) is 32.6 Å². The van der Waals surface area contributed by atoms with Crippen LogP contribution < -0.4 is 0 Å². The van der Waals surface area contributed by atoms with Crippen LogP contribution in [0.15, 0.2) is 35.4 Å². The fraction of sp³-hybridized carbons (Fsp3) is 0.438. The lowest BCUT2D eigenvalue weighted by molar-refractivity contribution is -0.143. The maximum atomic E-state index is 11.2. The van der Waals surface area contributed by atoms with Gasteiger partial charge in [0.15, 0.2) is 0 Å². The number of hydrogen-bond acceptors (Lipinski definition) is 3. The fourth-order valence-corrected chi connectivity index (χ4v) is 3.05. The first kappa shape index (κ1) is 15.0. The average Bonchev–Trinajstić information content (AvgIpc) is 2.85. The second-order valence-electron chi connectivity index (χ2n) is 4.68. The second-order valence-corrected chi connectivity index (χ2v) is 5.82. The number of fused-ring (bicyclic) bond motifs is 1. The normalized spacial score (nSPS) is 10.8. The van der Waals surface area contributed by atoms with Crippen LogP contribution in [0.5, 0.6) is 0 Å². The molecule has 0 saturated heterocycles. The number of unbranched alkanes of at least 4 members (excludes halogenated alkanes) is 2. The Morgan fingerprint density at radius 2 is 2.10 bits per heavy atom. The Labute approximate surface area is 124 Å². The molecule has 4 heteroatoms. The summed E-state index contributed by atoms with van der Waals surface area (Å²) in [6, 6.07) is 10.5. The highest BCUT2D eigenvalue weighted by molar-refractivity contribution is 7.99. The van der Waals surface area contributed by atoms with E-state index in [1.807, 2.05) is 24.8 Å². The number of H-pyrrole nitrogens is 1. The highest BCUT2D eigenvalue weighted by Crippen LogP contribution is 2.24. The molecule has 1 heterocycles. The van der Waals surface area contributed by atoms with Crippen molar-refractivity contribution in [3.05, 3.63) is 30.3 Å². The number of hydrogen-bond donors (Lipinski definition) is 1. The highest BCUT2D eigenvalue weighted by atomic mass is 32.2. The first-order chi connectivity index (χ1) is 9.79. The Morgan fingerprint density at radius 3 is 2.90 bits per heavy atom. The van der Waals surface area contributed by atoms with Gasteiger partial charge in [-0.2, -0.15) is 0 Å². The van der Waals surface area contributed by atoms with Crippen LogP contribution in [0.4, 0.5) is 0 Å². The summed E-state index contributed by atoms with van der Waals surface area (Å²) in [5, 5.41) is 2.48. The Morgan fingerprint density at radius 1 is 1.25 bits per heavy atom. The Kier molecular flexibility index (Phi) is 5.99. The molecule has 0 aliphatic heterocycles. The van der Waals surface area contributed by atoms with E-state index in [4.69, 9.17) is 4.74 Å². The molecular weight excluding hydrogens is 270 g/mol. The zero-order valence-corrected chi connectivity index (χ0v) is 12.7. The minimum atomic E-state index is -0.0734. The summed E-state index contributed by atoms with van der Waals surface area (Å²) in [6.07, 6.45) is 3.67. The third-order valence-corrected chi connectivity index (χ3v) is 4.12. The van der Waals surface area contributed by atoms with Crippen LogP contribution >= 0.6 is 11.8 Å². The van der Waals surface area contributed by atoms with Gasteiger partial charge in [0.1, 0.15) is 0 Å². The third-order valence-electron chi connectivity index (χ3n) is 3.09. The largest absolute Gasteiger partial charge is 0.466 e. The third kappa shape index (κ3) is 4.60. The predicted molar refractivity (Wildman–Crippen MR) is 84.1 cm³/mol. The monoisotopic (exact) mass is 291 g/mol. The molecule has 0 aliphatic rings. The molecule has 0 saturated carbocycles. The van der Waals surface area contributed by atoms with Crippen molar-refractivity contribution in [2.75, 3.05) is 12.4 Å². The van der Waals surface area contributed by atoms with Crippen molar-refractivity contribution in [1.29, 1.82) is 0 Å². The number of rotatable bonds is 8. The molecule has 0 fully saturated rings. The number of thioether (sulfide) groups is 1. The fourth-order valence-electron chi connectivity index (χ4n) is 2.09. The van der Waals surface area contributed by atoms with Gasteiger partial charge in [-0.15, -0.1) is 11.8 Å². The van der Waals surface area contributed by atoms with Crippen molar-refractivity contribution in [2.24, 2.45) is 0 Å². The van der Waals surface area contributed by atoms with Gasteiger partial charge in [-0.05, 0) is 37.7 Å². The number of ether oxygens (including phenoxy) is 1. The van der Waals surface area contributed by atoms with Gasteiger partial charge in [0.25, 0.3) is 0 Å². The number of nitrogens with one attached hydrogen (secondary N) is 1. The number of carbonyl (C=O) groups excluding carboxylic acids is 1. The van der Waals surface area contributed by atoms with E-state index in [1.54, 1.807) is 0 Å². The van der Waals surface area contributed by atoms with E-state index < -0.39 is 0 Å². The van der Waals surface area contributed by atoms with Crippen molar-refractivity contribution in [3.63, 3.8) is 0 Å². The first-order valence-electron chi connectivity index (χ1n) is 7.16. The van der Waals surface area contributed by atoms with Gasteiger partial charge in [-0.3, -0.25) is 4.79 Å². The van der Waals surface area contributed by atoms with E-state index >= 15 is 0 Å². The summed E-state index contributed by atoms with van der Waals surface area (Å²) in [5.74, 6) is 1.01. The summed E-state index contributed by atoms with van der Waals surface area (Å²) in [6.45, 7) is 2.32. The molecule has 0 unspecified atom stereocenters. The summed E-state index contributed by atoms with van der Waals surface area (Å²) >= 11 is 1.84. The minimum absolute atomic E-state index is 0.0734. The number of benzene rings is 1. The lowest BCUT2D eigenvalue weighted by Crippen LogP contribution is -2.03. The number of carbonyl (C=O) groups is 1. The molecule has 0 atom stereocenters. The van der Waals surface area contributed by atoms with Crippen LogP contribution in [-0.4, -0.2) is 23.3 Å². The Bertz CT molecular complexity index is 517. The predicted octanol–water partition coefficient (Wildman–Crippen LogP) is 4.38. The van der Waals surface area contributed by atoms with Crippen molar-refractivity contribution >= 4 is 28.6 Å². The smallest absolute Gasteiger partial charge is 0.305 e. The maximum absolute atomic E-state index is 11.2. The quantitative estimate of drug-likeness (QED) is 0.446.